The van der Waals surface area contributed by atoms with Crippen molar-refractivity contribution in [1.82, 2.24) is 16.0 Å². The average Bonchev–Trinajstić information content (AvgIpc) is 2.49. The van der Waals surface area contributed by atoms with E-state index >= 15 is 0 Å². The molecule has 132 valence electrons. The summed E-state index contributed by atoms with van der Waals surface area (Å²) < 4.78 is 0. The Kier molecular flexibility index (Phi) is 6.31. The Morgan fingerprint density at radius 3 is 2.43 bits per heavy atom. The molecule has 2 fully saturated rings. The highest BCUT2D eigenvalue weighted by Crippen LogP contribution is 2.40. The molecule has 3 unspecified atom stereocenters. The molecule has 5 nitrogen and oxygen atoms in total. The second kappa shape index (κ2) is 8.02. The normalized spacial score (nSPS) is 28.7. The zero-order valence-electron chi connectivity index (χ0n) is 15.2. The molecule has 0 aromatic carbocycles. The van der Waals surface area contributed by atoms with Gasteiger partial charge in [0.2, 0.25) is 5.91 Å². The van der Waals surface area contributed by atoms with E-state index in [2.05, 4.69) is 20.9 Å². The van der Waals surface area contributed by atoms with Gasteiger partial charge in [0.15, 0.2) is 5.96 Å². The minimum atomic E-state index is -0.199. The first-order chi connectivity index (χ1) is 10.9. The third kappa shape index (κ3) is 6.04. The molecule has 2 saturated carbocycles. The topological polar surface area (TPSA) is 65.5 Å². The quantitative estimate of drug-likeness (QED) is 0.552. The van der Waals surface area contributed by atoms with E-state index in [9.17, 15) is 4.79 Å². The highest BCUT2D eigenvalue weighted by molar-refractivity contribution is 5.86. The number of guanidine groups is 1. The van der Waals surface area contributed by atoms with Crippen LogP contribution in [0.3, 0.4) is 0 Å². The third-order valence-electron chi connectivity index (χ3n) is 5.03. The fourth-order valence-corrected chi connectivity index (χ4v) is 4.02. The van der Waals surface area contributed by atoms with Gasteiger partial charge in [-0.3, -0.25) is 9.79 Å². The molecule has 0 bridgehead atoms. The molecule has 1 amide bonds. The number of hydrogen-bond donors (Lipinski definition) is 3. The van der Waals surface area contributed by atoms with E-state index in [0.29, 0.717) is 6.04 Å². The predicted octanol–water partition coefficient (Wildman–Crippen LogP) is 2.42. The largest absolute Gasteiger partial charge is 0.354 e. The number of fused-ring (bicyclic) bond motifs is 1. The van der Waals surface area contributed by atoms with Crippen LogP contribution in [0.1, 0.15) is 65.7 Å². The number of nitrogens with zero attached hydrogens (tertiary/aromatic N) is 1. The number of nitrogens with one attached hydrogen (secondary N) is 3. The molecule has 2 aliphatic carbocycles. The zero-order valence-corrected chi connectivity index (χ0v) is 15.2. The summed E-state index contributed by atoms with van der Waals surface area (Å²) in [5.74, 6) is 2.58. The highest BCUT2D eigenvalue weighted by Gasteiger charge is 2.32. The molecule has 23 heavy (non-hydrogen) atoms. The van der Waals surface area contributed by atoms with Crippen molar-refractivity contribution in [3.8, 4) is 0 Å². The molecule has 0 aromatic rings. The van der Waals surface area contributed by atoms with Crippen LogP contribution >= 0.6 is 0 Å². The van der Waals surface area contributed by atoms with Crippen molar-refractivity contribution < 1.29 is 4.79 Å². The van der Waals surface area contributed by atoms with Gasteiger partial charge in [-0.15, -0.1) is 0 Å². The van der Waals surface area contributed by atoms with E-state index in [4.69, 9.17) is 0 Å². The van der Waals surface area contributed by atoms with Crippen molar-refractivity contribution in [2.75, 3.05) is 13.6 Å². The molecule has 2 rings (SSSR count). The van der Waals surface area contributed by atoms with Gasteiger partial charge in [-0.2, -0.15) is 0 Å². The molecule has 2 aliphatic rings. The minimum Gasteiger partial charge on any atom is -0.354 e. The van der Waals surface area contributed by atoms with Gasteiger partial charge in [0.05, 0.1) is 6.54 Å². The van der Waals surface area contributed by atoms with Gasteiger partial charge in [0, 0.05) is 18.6 Å². The van der Waals surface area contributed by atoms with E-state index < -0.39 is 0 Å². The Morgan fingerprint density at radius 2 is 1.78 bits per heavy atom. The summed E-state index contributed by atoms with van der Waals surface area (Å²) in [6.07, 6.45) is 9.44. The van der Waals surface area contributed by atoms with Gasteiger partial charge in [-0.25, -0.2) is 0 Å². The summed E-state index contributed by atoms with van der Waals surface area (Å²) in [6.45, 7) is 6.22. The van der Waals surface area contributed by atoms with Crippen LogP contribution in [-0.2, 0) is 4.79 Å². The SMILES string of the molecule is CN=C(NCC(=O)NC(C)(C)C)NC1CCC2CCCCC2C1. The molecule has 0 heterocycles. The first kappa shape index (κ1) is 18.1. The fourth-order valence-electron chi connectivity index (χ4n) is 4.02. The summed E-state index contributed by atoms with van der Waals surface area (Å²) in [4.78, 5) is 16.2. The third-order valence-corrected chi connectivity index (χ3v) is 5.03. The van der Waals surface area contributed by atoms with Crippen molar-refractivity contribution in [3.63, 3.8) is 0 Å². The summed E-state index contributed by atoms with van der Waals surface area (Å²) >= 11 is 0. The summed E-state index contributed by atoms with van der Waals surface area (Å²) in [6, 6.07) is 0.492. The Balaban J connectivity index is 1.75. The standard InChI is InChI=1S/C18H34N4O/c1-18(2,3)22-16(23)12-20-17(19-4)21-15-10-9-13-7-5-6-8-14(13)11-15/h13-15H,5-12H2,1-4H3,(H,22,23)(H2,19,20,21). The van der Waals surface area contributed by atoms with Crippen LogP contribution in [0, 0.1) is 11.8 Å². The second-order valence-electron chi connectivity index (χ2n) is 8.18. The molecular formula is C18H34N4O. The van der Waals surface area contributed by atoms with Crippen molar-refractivity contribution in [3.05, 3.63) is 0 Å². The molecular weight excluding hydrogens is 288 g/mol. The summed E-state index contributed by atoms with van der Waals surface area (Å²) in [5, 5.41) is 9.61. The molecule has 3 N–H and O–H groups in total. The predicted molar refractivity (Wildman–Crippen MR) is 95.5 cm³/mol. The number of aliphatic imine (C=N–C) groups is 1. The van der Waals surface area contributed by atoms with Crippen molar-refractivity contribution in [2.45, 2.75) is 77.3 Å². The van der Waals surface area contributed by atoms with Gasteiger partial charge >= 0.3 is 0 Å². The first-order valence-electron chi connectivity index (χ1n) is 9.15. The maximum absolute atomic E-state index is 11.9. The number of hydrogen-bond acceptors (Lipinski definition) is 2. The molecule has 0 aliphatic heterocycles. The van der Waals surface area contributed by atoms with Crippen molar-refractivity contribution >= 4 is 11.9 Å². The number of amides is 1. The second-order valence-corrected chi connectivity index (χ2v) is 8.18. The number of rotatable bonds is 3. The Morgan fingerprint density at radius 1 is 1.09 bits per heavy atom. The van der Waals surface area contributed by atoms with Crippen LogP contribution in [0.2, 0.25) is 0 Å². The summed E-state index contributed by atoms with van der Waals surface area (Å²) in [7, 11) is 1.77. The van der Waals surface area contributed by atoms with Crippen molar-refractivity contribution in [1.29, 1.82) is 0 Å². The molecule has 3 atom stereocenters. The van der Waals surface area contributed by atoms with Crippen LogP contribution in [0.15, 0.2) is 4.99 Å². The lowest BCUT2D eigenvalue weighted by Crippen LogP contribution is -2.51. The first-order valence-corrected chi connectivity index (χ1v) is 9.15. The lowest BCUT2D eigenvalue weighted by Gasteiger charge is -2.39. The molecule has 5 heteroatoms. The molecule has 0 aromatic heterocycles. The number of carbonyl (C=O) groups is 1. The van der Waals surface area contributed by atoms with Gasteiger partial charge in [-0.1, -0.05) is 25.7 Å². The van der Waals surface area contributed by atoms with E-state index in [1.807, 2.05) is 20.8 Å². The van der Waals surface area contributed by atoms with Crippen LogP contribution in [-0.4, -0.2) is 37.0 Å². The molecule has 0 radical (unpaired) electrons. The molecule has 0 saturated heterocycles. The number of carbonyl (C=O) groups excluding carboxylic acids is 1. The average molecular weight is 322 g/mol. The maximum atomic E-state index is 11.9. The van der Waals surface area contributed by atoms with Crippen LogP contribution in [0.25, 0.3) is 0 Å². The smallest absolute Gasteiger partial charge is 0.239 e. The van der Waals surface area contributed by atoms with Crippen LogP contribution in [0.5, 0.6) is 0 Å². The lowest BCUT2D eigenvalue weighted by molar-refractivity contribution is -0.121. The van der Waals surface area contributed by atoms with Gasteiger partial charge in [0.25, 0.3) is 0 Å². The maximum Gasteiger partial charge on any atom is 0.239 e. The monoisotopic (exact) mass is 322 g/mol. The van der Waals surface area contributed by atoms with Gasteiger partial charge in [-0.05, 0) is 51.9 Å². The van der Waals surface area contributed by atoms with Gasteiger partial charge in [0.1, 0.15) is 0 Å². The Labute approximate surface area is 141 Å². The van der Waals surface area contributed by atoms with E-state index in [0.717, 1.165) is 17.8 Å². The Bertz CT molecular complexity index is 427. The van der Waals surface area contributed by atoms with E-state index in [-0.39, 0.29) is 18.0 Å². The van der Waals surface area contributed by atoms with Crippen LogP contribution in [0.4, 0.5) is 0 Å². The van der Waals surface area contributed by atoms with E-state index in [1.165, 1.54) is 44.9 Å². The van der Waals surface area contributed by atoms with Crippen LogP contribution < -0.4 is 16.0 Å². The van der Waals surface area contributed by atoms with E-state index in [1.54, 1.807) is 7.05 Å². The highest BCUT2D eigenvalue weighted by atomic mass is 16.2. The van der Waals surface area contributed by atoms with Gasteiger partial charge < -0.3 is 16.0 Å². The van der Waals surface area contributed by atoms with Crippen molar-refractivity contribution in [2.24, 2.45) is 16.8 Å². The Hall–Kier alpha value is -1.26. The lowest BCUT2D eigenvalue weighted by atomic mass is 9.69. The zero-order chi connectivity index (χ0) is 16.9. The summed E-state index contributed by atoms with van der Waals surface area (Å²) in [5.41, 5.74) is -0.199. The molecule has 0 spiro atoms. The fraction of sp³-hybridized carbons (Fsp3) is 0.889. The minimum absolute atomic E-state index is 0.00330.